The summed E-state index contributed by atoms with van der Waals surface area (Å²) in [6.07, 6.45) is 0.601. The van der Waals surface area contributed by atoms with E-state index in [1.165, 1.54) is 18.2 Å². The number of ether oxygens (including phenoxy) is 2. The van der Waals surface area contributed by atoms with Crippen LogP contribution in [0.4, 0.5) is 5.69 Å². The van der Waals surface area contributed by atoms with Crippen molar-refractivity contribution in [2.24, 2.45) is 0 Å². The van der Waals surface area contributed by atoms with Crippen LogP contribution in [0.25, 0.3) is 5.57 Å². The van der Waals surface area contributed by atoms with E-state index in [2.05, 4.69) is 0 Å². The number of carbonyl (C=O) groups excluding carboxylic acids is 1. The lowest BCUT2D eigenvalue weighted by atomic mass is 9.81. The maximum Gasteiger partial charge on any atom is 0.290 e. The minimum atomic E-state index is -1.14. The van der Waals surface area contributed by atoms with Crippen molar-refractivity contribution in [3.8, 4) is 17.6 Å². The number of aliphatic hydroxyl groups is 1. The molecule has 0 aliphatic carbocycles. The van der Waals surface area contributed by atoms with Crippen molar-refractivity contribution in [3.05, 3.63) is 69.0 Å². The highest BCUT2D eigenvalue weighted by Gasteiger charge is 2.47. The number of benzene rings is 2. The molecule has 0 saturated heterocycles. The molecule has 1 aliphatic heterocycles. The fourth-order valence-electron chi connectivity index (χ4n) is 3.81. The van der Waals surface area contributed by atoms with E-state index in [9.17, 15) is 20.0 Å². The highest BCUT2D eigenvalue weighted by Crippen LogP contribution is 2.42. The number of hydrogen-bond donors (Lipinski definition) is 1. The van der Waals surface area contributed by atoms with Crippen molar-refractivity contribution >= 4 is 17.0 Å². The maximum atomic E-state index is 13.2. The van der Waals surface area contributed by atoms with Gasteiger partial charge in [-0.15, -0.1) is 0 Å². The molecule has 8 nitrogen and oxygen atoms in total. The van der Waals surface area contributed by atoms with Crippen molar-refractivity contribution in [1.29, 1.82) is 5.26 Å². The fraction of sp³-hybridized carbons (Fsp3) is 0.333. The second kappa shape index (κ2) is 8.09. The number of nitriles is 1. The normalized spacial score (nSPS) is 17.1. The predicted molar refractivity (Wildman–Crippen MR) is 118 cm³/mol. The third-order valence-electron chi connectivity index (χ3n) is 5.34. The van der Waals surface area contributed by atoms with Gasteiger partial charge >= 0.3 is 0 Å². The second-order valence-corrected chi connectivity index (χ2v) is 8.50. The molecule has 2 aromatic rings. The van der Waals surface area contributed by atoms with Crippen LogP contribution in [0, 0.1) is 21.4 Å². The average Bonchev–Trinajstić information content (AvgIpc) is 2.72. The number of aryl methyl sites for hydroxylation is 1. The van der Waals surface area contributed by atoms with Gasteiger partial charge in [-0.25, -0.2) is 0 Å². The van der Waals surface area contributed by atoms with Crippen LogP contribution in [-0.4, -0.2) is 27.0 Å². The summed E-state index contributed by atoms with van der Waals surface area (Å²) in [5, 5.41) is 31.2. The molecule has 0 spiro atoms. The lowest BCUT2D eigenvalue weighted by molar-refractivity contribution is -0.385. The minimum Gasteiger partial charge on any atom is -0.508 e. The van der Waals surface area contributed by atoms with Crippen molar-refractivity contribution in [2.75, 3.05) is 0 Å². The molecule has 8 heteroatoms. The zero-order valence-electron chi connectivity index (χ0n) is 18.6. The molecule has 0 radical (unpaired) electrons. The quantitative estimate of drug-likeness (QED) is 0.502. The molecule has 166 valence electrons. The van der Waals surface area contributed by atoms with E-state index in [1.807, 2.05) is 6.92 Å². The molecule has 0 unspecified atom stereocenters. The van der Waals surface area contributed by atoms with Crippen LogP contribution >= 0.6 is 0 Å². The maximum absolute atomic E-state index is 13.2. The van der Waals surface area contributed by atoms with Crippen molar-refractivity contribution in [3.63, 3.8) is 0 Å². The van der Waals surface area contributed by atoms with E-state index in [4.69, 9.17) is 14.7 Å². The lowest BCUT2D eigenvalue weighted by Crippen LogP contribution is -2.49. The predicted octanol–water partition coefficient (Wildman–Crippen LogP) is 5.25. The lowest BCUT2D eigenvalue weighted by Gasteiger charge is -2.40. The Morgan fingerprint density at radius 3 is 2.34 bits per heavy atom. The highest BCUT2D eigenvalue weighted by atomic mass is 16.6. The molecule has 0 aromatic heterocycles. The van der Waals surface area contributed by atoms with Gasteiger partial charge in [-0.1, -0.05) is 13.0 Å². The first-order chi connectivity index (χ1) is 14.9. The van der Waals surface area contributed by atoms with E-state index >= 15 is 0 Å². The summed E-state index contributed by atoms with van der Waals surface area (Å²) in [5.41, 5.74) is -1.13. The van der Waals surface area contributed by atoms with Crippen molar-refractivity contribution in [1.82, 2.24) is 0 Å². The average molecular weight is 436 g/mol. The van der Waals surface area contributed by atoms with Crippen LogP contribution in [0.15, 0.2) is 42.2 Å². The first kappa shape index (κ1) is 23.0. The smallest absolute Gasteiger partial charge is 0.290 e. The van der Waals surface area contributed by atoms with Gasteiger partial charge < -0.3 is 14.6 Å². The SMILES string of the molecule is CCc1ccc(Oc2ccc(C#N)c([N+](=O)[O-])c2)cc1C1=C(O)C(C)(C)OC(C)(C)C1=O. The number of ketones is 1. The summed E-state index contributed by atoms with van der Waals surface area (Å²) in [4.78, 5) is 23.8. The largest absolute Gasteiger partial charge is 0.508 e. The number of Topliss-reactive ketones (excluding diaryl/α,β-unsaturated/α-hetero) is 1. The van der Waals surface area contributed by atoms with E-state index < -0.39 is 16.1 Å². The van der Waals surface area contributed by atoms with Gasteiger partial charge in [-0.2, -0.15) is 5.26 Å². The Morgan fingerprint density at radius 1 is 1.12 bits per heavy atom. The molecule has 0 bridgehead atoms. The minimum absolute atomic E-state index is 0.0725. The Bertz CT molecular complexity index is 1190. The van der Waals surface area contributed by atoms with E-state index in [0.29, 0.717) is 17.7 Å². The van der Waals surface area contributed by atoms with Crippen LogP contribution in [0.2, 0.25) is 0 Å². The summed E-state index contributed by atoms with van der Waals surface area (Å²) in [6.45, 7) is 8.63. The molecule has 1 heterocycles. The van der Waals surface area contributed by atoms with Gasteiger partial charge in [0.1, 0.15) is 40.1 Å². The summed E-state index contributed by atoms with van der Waals surface area (Å²) in [6, 6.07) is 10.8. The first-order valence-corrected chi connectivity index (χ1v) is 10.1. The molecule has 2 aromatic carbocycles. The third kappa shape index (κ3) is 4.07. The fourth-order valence-corrected chi connectivity index (χ4v) is 3.81. The number of aliphatic hydroxyl groups excluding tert-OH is 1. The summed E-state index contributed by atoms with van der Waals surface area (Å²) in [5.74, 6) is -0.0210. The third-order valence-corrected chi connectivity index (χ3v) is 5.34. The molecule has 0 saturated carbocycles. The number of nitrogens with zero attached hydrogens (tertiary/aromatic N) is 2. The van der Waals surface area contributed by atoms with Crippen LogP contribution in [-0.2, 0) is 16.0 Å². The van der Waals surface area contributed by atoms with Gasteiger partial charge in [0.05, 0.1) is 16.6 Å². The molecule has 32 heavy (non-hydrogen) atoms. The molecule has 1 N–H and O–H groups in total. The number of nitro groups is 1. The molecule has 1 aliphatic rings. The van der Waals surface area contributed by atoms with Crippen LogP contribution < -0.4 is 4.74 Å². The van der Waals surface area contributed by atoms with E-state index in [0.717, 1.165) is 5.56 Å². The van der Waals surface area contributed by atoms with Crippen molar-refractivity contribution < 1.29 is 24.3 Å². The monoisotopic (exact) mass is 436 g/mol. The van der Waals surface area contributed by atoms with Crippen molar-refractivity contribution in [2.45, 2.75) is 52.2 Å². The van der Waals surface area contributed by atoms with Gasteiger partial charge in [-0.3, -0.25) is 14.9 Å². The van der Waals surface area contributed by atoms with Gasteiger partial charge in [-0.05, 0) is 69.5 Å². The number of rotatable bonds is 5. The molecule has 0 atom stereocenters. The molecule has 0 amide bonds. The first-order valence-electron chi connectivity index (χ1n) is 10.1. The van der Waals surface area contributed by atoms with Gasteiger partial charge in [0.15, 0.2) is 5.78 Å². The molecular weight excluding hydrogens is 412 g/mol. The van der Waals surface area contributed by atoms with Crippen LogP contribution in [0.3, 0.4) is 0 Å². The Kier molecular flexibility index (Phi) is 5.81. The standard InChI is InChI=1S/C24H24N2O6/c1-6-14-7-9-16(31-17-10-8-15(13-25)19(12-17)26(29)30)11-18(14)20-21(27)23(2,3)32-24(4,5)22(20)28/h7-12,27H,6H2,1-5H3. The topological polar surface area (TPSA) is 123 Å². The Labute approximate surface area is 185 Å². The van der Waals surface area contributed by atoms with Crippen LogP contribution in [0.5, 0.6) is 11.5 Å². The summed E-state index contributed by atoms with van der Waals surface area (Å²) in [7, 11) is 0. The number of carbonyl (C=O) groups is 1. The Hall–Kier alpha value is -3.70. The summed E-state index contributed by atoms with van der Waals surface area (Å²) >= 11 is 0. The molecule has 0 fully saturated rings. The van der Waals surface area contributed by atoms with Gasteiger partial charge in [0, 0.05) is 0 Å². The highest BCUT2D eigenvalue weighted by molar-refractivity contribution is 6.26. The van der Waals surface area contributed by atoms with E-state index in [-0.39, 0.29) is 34.1 Å². The zero-order chi connectivity index (χ0) is 23.8. The summed E-state index contributed by atoms with van der Waals surface area (Å²) < 4.78 is 11.6. The second-order valence-electron chi connectivity index (χ2n) is 8.50. The Balaban J connectivity index is 2.11. The van der Waals surface area contributed by atoms with Gasteiger partial charge in [0.2, 0.25) is 0 Å². The van der Waals surface area contributed by atoms with Crippen LogP contribution in [0.1, 0.15) is 51.3 Å². The molecular formula is C24H24N2O6. The number of hydrogen-bond acceptors (Lipinski definition) is 7. The Morgan fingerprint density at radius 2 is 1.75 bits per heavy atom. The molecule has 3 rings (SSSR count). The van der Waals surface area contributed by atoms with Gasteiger partial charge in [0.25, 0.3) is 5.69 Å². The number of nitro benzene ring substituents is 1. The zero-order valence-corrected chi connectivity index (χ0v) is 18.6. The van der Waals surface area contributed by atoms with E-state index in [1.54, 1.807) is 52.0 Å².